The lowest BCUT2D eigenvalue weighted by molar-refractivity contribution is -0.116. The van der Waals surface area contributed by atoms with Gasteiger partial charge < -0.3 is 15.0 Å². The van der Waals surface area contributed by atoms with Gasteiger partial charge in [0.15, 0.2) is 5.82 Å². The summed E-state index contributed by atoms with van der Waals surface area (Å²) in [6, 6.07) is 13.8. The molecule has 2 heterocycles. The topological polar surface area (TPSA) is 59.4 Å². The van der Waals surface area contributed by atoms with Crippen molar-refractivity contribution in [3.05, 3.63) is 64.8 Å². The zero-order chi connectivity index (χ0) is 21.8. The summed E-state index contributed by atoms with van der Waals surface area (Å²) in [4.78, 5) is 15.1. The van der Waals surface area contributed by atoms with Crippen LogP contribution in [-0.4, -0.2) is 42.0 Å². The summed E-state index contributed by atoms with van der Waals surface area (Å²) < 4.78 is 7.21. The fourth-order valence-electron chi connectivity index (χ4n) is 3.86. The van der Waals surface area contributed by atoms with Gasteiger partial charge in [0.05, 0.1) is 13.2 Å². The Hall–Kier alpha value is -2.83. The summed E-state index contributed by atoms with van der Waals surface area (Å²) in [7, 11) is 0. The number of benzene rings is 2. The zero-order valence-corrected chi connectivity index (χ0v) is 18.7. The average molecular weight is 439 g/mol. The van der Waals surface area contributed by atoms with Crippen LogP contribution in [0.3, 0.4) is 0 Å². The highest BCUT2D eigenvalue weighted by Crippen LogP contribution is 2.31. The number of nitrogens with one attached hydrogen (secondary N) is 1. The maximum absolute atomic E-state index is 12.9. The second kappa shape index (κ2) is 9.54. The highest BCUT2D eigenvalue weighted by molar-refractivity contribution is 6.30. The molecule has 7 heteroatoms. The van der Waals surface area contributed by atoms with Crippen molar-refractivity contribution in [1.82, 2.24) is 9.78 Å². The molecule has 0 radical (unpaired) electrons. The number of carbonyl (C=O) groups is 1. The first-order valence-corrected chi connectivity index (χ1v) is 11.0. The summed E-state index contributed by atoms with van der Waals surface area (Å²) in [5, 5.41) is 8.54. The van der Waals surface area contributed by atoms with Crippen molar-refractivity contribution in [3.63, 3.8) is 0 Å². The first-order chi connectivity index (χ1) is 15.0. The third kappa shape index (κ3) is 4.92. The van der Waals surface area contributed by atoms with Crippen LogP contribution >= 0.6 is 11.6 Å². The minimum absolute atomic E-state index is 0.0947. The lowest BCUT2D eigenvalue weighted by Crippen LogP contribution is -2.36. The smallest absolute Gasteiger partial charge is 0.246 e. The Morgan fingerprint density at radius 1 is 1.16 bits per heavy atom. The van der Waals surface area contributed by atoms with Crippen LogP contribution < -0.4 is 10.2 Å². The van der Waals surface area contributed by atoms with Gasteiger partial charge in [0.2, 0.25) is 5.91 Å². The Labute approximate surface area is 187 Å². The van der Waals surface area contributed by atoms with Crippen LogP contribution in [0.4, 0.5) is 11.5 Å². The summed E-state index contributed by atoms with van der Waals surface area (Å²) in [6.07, 6.45) is 2.80. The first-order valence-electron chi connectivity index (χ1n) is 10.6. The molecule has 0 spiro atoms. The molecule has 1 aliphatic heterocycles. The number of carbonyl (C=O) groups excluding carboxylic acids is 1. The van der Waals surface area contributed by atoms with Gasteiger partial charge in [-0.1, -0.05) is 48.9 Å². The number of ether oxygens (including phenoxy) is 1. The fourth-order valence-corrected chi connectivity index (χ4v) is 3.99. The van der Waals surface area contributed by atoms with E-state index in [2.05, 4.69) is 17.1 Å². The number of hydrogen-bond donors (Lipinski definition) is 1. The summed E-state index contributed by atoms with van der Waals surface area (Å²) >= 11 is 6.08. The number of aryl methyl sites for hydroxylation is 2. The molecule has 1 aliphatic rings. The maximum Gasteiger partial charge on any atom is 0.246 e. The normalized spacial score (nSPS) is 14.0. The molecule has 1 fully saturated rings. The Morgan fingerprint density at radius 2 is 1.90 bits per heavy atom. The van der Waals surface area contributed by atoms with Gasteiger partial charge in [-0.05, 0) is 42.2 Å². The van der Waals surface area contributed by atoms with Crippen molar-refractivity contribution >= 4 is 29.0 Å². The van der Waals surface area contributed by atoms with Crippen LogP contribution in [0.5, 0.6) is 0 Å². The van der Waals surface area contributed by atoms with E-state index in [0.29, 0.717) is 18.2 Å². The van der Waals surface area contributed by atoms with E-state index in [1.165, 1.54) is 0 Å². The molecule has 0 atom stereocenters. The van der Waals surface area contributed by atoms with E-state index in [4.69, 9.17) is 21.4 Å². The molecular weight excluding hydrogens is 412 g/mol. The van der Waals surface area contributed by atoms with Gasteiger partial charge in [0.1, 0.15) is 6.54 Å². The second-order valence-corrected chi connectivity index (χ2v) is 8.12. The molecule has 4 rings (SSSR count). The molecule has 0 bridgehead atoms. The number of rotatable bonds is 6. The minimum atomic E-state index is -0.0947. The Morgan fingerprint density at radius 3 is 2.61 bits per heavy atom. The molecule has 1 amide bonds. The summed E-state index contributed by atoms with van der Waals surface area (Å²) in [6.45, 7) is 7.12. The van der Waals surface area contributed by atoms with Crippen molar-refractivity contribution in [1.29, 1.82) is 0 Å². The number of anilines is 2. The van der Waals surface area contributed by atoms with E-state index in [-0.39, 0.29) is 12.5 Å². The average Bonchev–Trinajstić information content (AvgIpc) is 3.20. The molecular formula is C24H27ClN4O2. The number of aromatic nitrogens is 2. The van der Waals surface area contributed by atoms with Gasteiger partial charge in [0, 0.05) is 35.6 Å². The quantitative estimate of drug-likeness (QED) is 0.613. The molecule has 0 aliphatic carbocycles. The van der Waals surface area contributed by atoms with Crippen LogP contribution in [0, 0.1) is 6.92 Å². The number of halogens is 1. The maximum atomic E-state index is 12.9. The lowest BCUT2D eigenvalue weighted by atomic mass is 10.1. The Balaban J connectivity index is 1.60. The summed E-state index contributed by atoms with van der Waals surface area (Å²) in [5.41, 5.74) is 5.09. The molecule has 31 heavy (non-hydrogen) atoms. The highest BCUT2D eigenvalue weighted by atomic mass is 35.5. The van der Waals surface area contributed by atoms with E-state index in [1.807, 2.05) is 55.6 Å². The third-order valence-electron chi connectivity index (χ3n) is 5.52. The molecule has 6 nitrogen and oxygen atoms in total. The Bertz CT molecular complexity index is 1060. The van der Waals surface area contributed by atoms with E-state index in [9.17, 15) is 4.79 Å². The standard InChI is InChI=1S/C24H27ClN4O2/c1-3-18-6-4-5-17(2)23(18)26-22(30)16-29-15-21(19-7-9-20(25)10-8-19)24(27-29)28-11-13-31-14-12-28/h4-10,15H,3,11-14,16H2,1-2H3,(H,26,30). The van der Waals surface area contributed by atoms with Gasteiger partial charge in [-0.25, -0.2) is 0 Å². The van der Waals surface area contributed by atoms with Crippen molar-refractivity contribution in [2.24, 2.45) is 0 Å². The Kier molecular flexibility index (Phi) is 6.59. The van der Waals surface area contributed by atoms with Gasteiger partial charge >= 0.3 is 0 Å². The number of nitrogens with zero attached hydrogens (tertiary/aromatic N) is 3. The SMILES string of the molecule is CCc1cccc(C)c1NC(=O)Cn1cc(-c2ccc(Cl)cc2)c(N2CCOCC2)n1. The van der Waals surface area contributed by atoms with Gasteiger partial charge in [-0.15, -0.1) is 0 Å². The molecule has 0 unspecified atom stereocenters. The fraction of sp³-hybridized carbons (Fsp3) is 0.333. The summed E-state index contributed by atoms with van der Waals surface area (Å²) in [5.74, 6) is 0.770. The second-order valence-electron chi connectivity index (χ2n) is 7.68. The van der Waals surface area contributed by atoms with Crippen molar-refractivity contribution < 1.29 is 9.53 Å². The van der Waals surface area contributed by atoms with Gasteiger partial charge in [-0.2, -0.15) is 5.10 Å². The predicted molar refractivity (Wildman–Crippen MR) is 125 cm³/mol. The van der Waals surface area contributed by atoms with Gasteiger partial charge in [0.25, 0.3) is 0 Å². The molecule has 162 valence electrons. The zero-order valence-electron chi connectivity index (χ0n) is 17.9. The lowest BCUT2D eigenvalue weighted by Gasteiger charge is -2.27. The molecule has 2 aromatic carbocycles. The molecule has 3 aromatic rings. The van der Waals surface area contributed by atoms with Crippen LogP contribution in [-0.2, 0) is 22.5 Å². The monoisotopic (exact) mass is 438 g/mol. The van der Waals surface area contributed by atoms with Crippen molar-refractivity contribution in [3.8, 4) is 11.1 Å². The predicted octanol–water partition coefficient (Wildman–Crippen LogP) is 4.55. The van der Waals surface area contributed by atoms with Crippen LogP contribution in [0.1, 0.15) is 18.1 Å². The molecule has 1 N–H and O–H groups in total. The van der Waals surface area contributed by atoms with E-state index in [1.54, 1.807) is 4.68 Å². The van der Waals surface area contributed by atoms with Crippen molar-refractivity contribution in [2.45, 2.75) is 26.8 Å². The molecule has 1 aromatic heterocycles. The van der Waals surface area contributed by atoms with E-state index >= 15 is 0 Å². The minimum Gasteiger partial charge on any atom is -0.378 e. The largest absolute Gasteiger partial charge is 0.378 e. The number of amides is 1. The molecule has 0 saturated carbocycles. The molecule has 1 saturated heterocycles. The van der Waals surface area contributed by atoms with Crippen LogP contribution in [0.15, 0.2) is 48.7 Å². The number of para-hydroxylation sites is 1. The third-order valence-corrected chi connectivity index (χ3v) is 5.77. The van der Waals surface area contributed by atoms with Crippen LogP contribution in [0.2, 0.25) is 5.02 Å². The van der Waals surface area contributed by atoms with E-state index < -0.39 is 0 Å². The number of morpholine rings is 1. The number of hydrogen-bond acceptors (Lipinski definition) is 4. The van der Waals surface area contributed by atoms with Crippen molar-refractivity contribution in [2.75, 3.05) is 36.5 Å². The van der Waals surface area contributed by atoms with E-state index in [0.717, 1.165) is 53.3 Å². The van der Waals surface area contributed by atoms with Gasteiger partial charge in [-0.3, -0.25) is 9.48 Å². The first kappa shape index (κ1) is 21.4. The van der Waals surface area contributed by atoms with Crippen LogP contribution in [0.25, 0.3) is 11.1 Å². The highest BCUT2D eigenvalue weighted by Gasteiger charge is 2.21.